The van der Waals surface area contributed by atoms with Crippen LogP contribution in [-0.2, 0) is 11.3 Å². The molecule has 170 valence electrons. The van der Waals surface area contributed by atoms with Crippen molar-refractivity contribution in [3.05, 3.63) is 53.0 Å². The molecule has 1 atom stereocenters. The molecule has 33 heavy (non-hydrogen) atoms. The number of fused-ring (bicyclic) bond motifs is 1. The number of hydrogen-bond acceptors (Lipinski definition) is 8. The summed E-state index contributed by atoms with van der Waals surface area (Å²) in [6.07, 6.45) is 3.48. The summed E-state index contributed by atoms with van der Waals surface area (Å²) in [6, 6.07) is 9.77. The molecule has 0 saturated carbocycles. The smallest absolute Gasteiger partial charge is 0.239 e. The molecule has 0 unspecified atom stereocenters. The zero-order chi connectivity index (χ0) is 22.9. The third-order valence-electron chi connectivity index (χ3n) is 5.70. The van der Waals surface area contributed by atoms with E-state index in [2.05, 4.69) is 32.7 Å². The zero-order valence-electron chi connectivity index (χ0n) is 18.3. The van der Waals surface area contributed by atoms with Gasteiger partial charge < -0.3 is 19.5 Å². The van der Waals surface area contributed by atoms with E-state index in [4.69, 9.17) is 24.4 Å². The van der Waals surface area contributed by atoms with Gasteiger partial charge >= 0.3 is 0 Å². The Hall–Kier alpha value is -3.08. The number of morpholine rings is 1. The van der Waals surface area contributed by atoms with E-state index in [1.54, 1.807) is 18.0 Å². The Bertz CT molecular complexity index is 1310. The van der Waals surface area contributed by atoms with Gasteiger partial charge in [-0.3, -0.25) is 4.57 Å². The number of imidazole rings is 1. The summed E-state index contributed by atoms with van der Waals surface area (Å²) in [4.78, 5) is 21.0. The second kappa shape index (κ2) is 9.05. The first-order chi connectivity index (χ1) is 16.1. The van der Waals surface area contributed by atoms with E-state index in [0.29, 0.717) is 40.7 Å². The Balaban J connectivity index is 1.67. The number of ether oxygens (including phenoxy) is 2. The second-order valence-electron chi connectivity index (χ2n) is 7.82. The maximum Gasteiger partial charge on any atom is 0.239 e. The number of anilines is 1. The lowest BCUT2D eigenvalue weighted by Crippen LogP contribution is -2.44. The molecule has 1 N–H and O–H groups in total. The summed E-state index contributed by atoms with van der Waals surface area (Å²) >= 11 is 3.39. The van der Waals surface area contributed by atoms with Gasteiger partial charge in [0.05, 0.1) is 44.1 Å². The monoisotopic (exact) mass is 510 g/mol. The number of aliphatic hydroxyl groups is 1. The molecule has 0 radical (unpaired) electrons. The van der Waals surface area contributed by atoms with Crippen molar-refractivity contribution >= 4 is 32.8 Å². The van der Waals surface area contributed by atoms with Crippen LogP contribution in [0.15, 0.2) is 47.5 Å². The minimum absolute atomic E-state index is 0.120. The molecule has 1 aliphatic rings. The van der Waals surface area contributed by atoms with E-state index < -0.39 is 0 Å². The highest BCUT2D eigenvalue weighted by molar-refractivity contribution is 9.10. The van der Waals surface area contributed by atoms with E-state index in [1.807, 2.05) is 36.5 Å². The van der Waals surface area contributed by atoms with Gasteiger partial charge in [-0.1, -0.05) is 0 Å². The van der Waals surface area contributed by atoms with Crippen LogP contribution in [-0.4, -0.2) is 62.5 Å². The molecule has 4 heterocycles. The maximum atomic E-state index is 9.71. The van der Waals surface area contributed by atoms with Crippen LogP contribution in [0.1, 0.15) is 12.5 Å². The topological polar surface area (TPSA) is 98.4 Å². The summed E-state index contributed by atoms with van der Waals surface area (Å²) in [6.45, 7) is 4.02. The third kappa shape index (κ3) is 4.17. The molecule has 0 amide bonds. The van der Waals surface area contributed by atoms with Gasteiger partial charge in [0.25, 0.3) is 0 Å². The summed E-state index contributed by atoms with van der Waals surface area (Å²) in [5.41, 5.74) is 2.90. The van der Waals surface area contributed by atoms with E-state index in [0.717, 1.165) is 29.0 Å². The molecule has 3 aromatic heterocycles. The minimum atomic E-state index is -0.120. The lowest BCUT2D eigenvalue weighted by Gasteiger charge is -2.34. The van der Waals surface area contributed by atoms with Crippen LogP contribution in [0.3, 0.4) is 0 Å². The molecule has 1 aliphatic heterocycles. The first-order valence-corrected chi connectivity index (χ1v) is 11.4. The van der Waals surface area contributed by atoms with Crippen molar-refractivity contribution < 1.29 is 14.6 Å². The molecule has 10 heteroatoms. The molecule has 5 rings (SSSR count). The normalized spacial score (nSPS) is 16.4. The highest BCUT2D eigenvalue weighted by atomic mass is 79.9. The predicted molar refractivity (Wildman–Crippen MR) is 128 cm³/mol. The number of aromatic nitrogens is 5. The van der Waals surface area contributed by atoms with Gasteiger partial charge in [-0.15, -0.1) is 0 Å². The average Bonchev–Trinajstić information content (AvgIpc) is 3.29. The van der Waals surface area contributed by atoms with Crippen LogP contribution in [0, 0.1) is 0 Å². The Labute approximate surface area is 199 Å². The van der Waals surface area contributed by atoms with Crippen LogP contribution >= 0.6 is 15.9 Å². The number of nitrogens with zero attached hydrogens (tertiary/aromatic N) is 6. The molecule has 1 aromatic carbocycles. The number of methoxy groups -OCH3 is 1. The first kappa shape index (κ1) is 21.7. The van der Waals surface area contributed by atoms with Crippen LogP contribution < -0.4 is 9.64 Å². The largest absolute Gasteiger partial charge is 0.496 e. The quantitative estimate of drug-likeness (QED) is 0.436. The lowest BCUT2D eigenvalue weighted by molar-refractivity contribution is 0.0987. The summed E-state index contributed by atoms with van der Waals surface area (Å²) in [5, 5.41) is 10.6. The minimum Gasteiger partial charge on any atom is -0.496 e. The number of aliphatic hydroxyl groups excluding tert-OH is 1. The van der Waals surface area contributed by atoms with E-state index >= 15 is 0 Å². The molecule has 0 bridgehead atoms. The van der Waals surface area contributed by atoms with Gasteiger partial charge in [-0.2, -0.15) is 9.97 Å². The summed E-state index contributed by atoms with van der Waals surface area (Å²) < 4.78 is 13.4. The first-order valence-electron chi connectivity index (χ1n) is 10.6. The fraction of sp³-hybridized carbons (Fsp3) is 0.304. The highest BCUT2D eigenvalue weighted by Crippen LogP contribution is 2.31. The van der Waals surface area contributed by atoms with Crippen LogP contribution in [0.4, 0.5) is 5.82 Å². The molecule has 4 aromatic rings. The van der Waals surface area contributed by atoms with Crippen molar-refractivity contribution in [2.24, 2.45) is 0 Å². The second-order valence-corrected chi connectivity index (χ2v) is 8.63. The van der Waals surface area contributed by atoms with Crippen LogP contribution in [0.2, 0.25) is 0 Å². The van der Waals surface area contributed by atoms with Crippen LogP contribution in [0.25, 0.3) is 28.2 Å². The number of rotatable bonds is 5. The van der Waals surface area contributed by atoms with Gasteiger partial charge in [0.1, 0.15) is 22.5 Å². The Kier molecular flexibility index (Phi) is 5.96. The molecule has 9 nitrogen and oxygen atoms in total. The fourth-order valence-electron chi connectivity index (χ4n) is 3.99. The fourth-order valence-corrected chi connectivity index (χ4v) is 4.30. The molecule has 1 saturated heterocycles. The number of halogens is 1. The van der Waals surface area contributed by atoms with Gasteiger partial charge in [-0.25, -0.2) is 9.97 Å². The molecular formula is C23H23BrN6O3. The standard InChI is InChI=1S/C23H23BrN6O3/c1-14-12-33-8-7-30(14)22-17-4-5-18(15-3-6-19(32-2)16(9-15)11-31)26-21(17)27-23(28-22)29-10-20(24)25-13-29/h3-6,9-10,13-14,31H,7-8,11-12H2,1-2H3/t14-/m0/s1. The average molecular weight is 511 g/mol. The number of hydrogen-bond donors (Lipinski definition) is 1. The molecule has 0 aliphatic carbocycles. The van der Waals surface area contributed by atoms with Gasteiger partial charge in [0.2, 0.25) is 5.95 Å². The molecule has 0 spiro atoms. The van der Waals surface area contributed by atoms with Crippen molar-refractivity contribution in [3.63, 3.8) is 0 Å². The molecular weight excluding hydrogens is 488 g/mol. The summed E-state index contributed by atoms with van der Waals surface area (Å²) in [5.74, 6) is 1.95. The van der Waals surface area contributed by atoms with Crippen LogP contribution in [0.5, 0.6) is 5.75 Å². The maximum absolute atomic E-state index is 9.71. The van der Waals surface area contributed by atoms with Crippen molar-refractivity contribution in [2.75, 3.05) is 31.8 Å². The summed E-state index contributed by atoms with van der Waals surface area (Å²) in [7, 11) is 1.59. The Morgan fingerprint density at radius 2 is 2.09 bits per heavy atom. The SMILES string of the molecule is COc1ccc(-c2ccc3c(N4CCOC[C@@H]4C)nc(-n4cnc(Br)c4)nc3n2)cc1CO. The molecule has 1 fully saturated rings. The Morgan fingerprint density at radius 3 is 2.82 bits per heavy atom. The third-order valence-corrected chi connectivity index (χ3v) is 6.11. The lowest BCUT2D eigenvalue weighted by atomic mass is 10.1. The Morgan fingerprint density at radius 1 is 1.21 bits per heavy atom. The van der Waals surface area contributed by atoms with Gasteiger partial charge in [0, 0.05) is 23.9 Å². The van der Waals surface area contributed by atoms with Crippen molar-refractivity contribution in [3.8, 4) is 23.0 Å². The van der Waals surface area contributed by atoms with Crippen molar-refractivity contribution in [2.45, 2.75) is 19.6 Å². The van der Waals surface area contributed by atoms with Gasteiger partial charge in [-0.05, 0) is 53.2 Å². The number of pyridine rings is 1. The highest BCUT2D eigenvalue weighted by Gasteiger charge is 2.24. The number of benzene rings is 1. The van der Waals surface area contributed by atoms with E-state index in [-0.39, 0.29) is 12.6 Å². The zero-order valence-corrected chi connectivity index (χ0v) is 19.9. The van der Waals surface area contributed by atoms with E-state index in [1.165, 1.54) is 0 Å². The van der Waals surface area contributed by atoms with E-state index in [9.17, 15) is 5.11 Å². The predicted octanol–water partition coefficient (Wildman–Crippen LogP) is 3.37. The van der Waals surface area contributed by atoms with Crippen molar-refractivity contribution in [1.82, 2.24) is 24.5 Å². The van der Waals surface area contributed by atoms with Gasteiger partial charge in [0.15, 0.2) is 5.65 Å². The van der Waals surface area contributed by atoms with Crippen molar-refractivity contribution in [1.29, 1.82) is 0 Å².